The Morgan fingerprint density at radius 2 is 0.696 bits per heavy atom. The fourth-order valence-corrected chi connectivity index (χ4v) is 16.2. The van der Waals surface area contributed by atoms with Crippen LogP contribution in [0.4, 0.5) is 0 Å². The summed E-state index contributed by atoms with van der Waals surface area (Å²) in [5, 5.41) is 4.10. The van der Waals surface area contributed by atoms with E-state index in [9.17, 15) is 43.2 Å². The molecule has 0 aromatic carbocycles. The largest absolute Gasteiger partial charge is 0.384 e. The minimum Gasteiger partial charge on any atom is -0.384 e. The fourth-order valence-electron chi connectivity index (χ4n) is 13.9. The quantitative estimate of drug-likeness (QED) is 0.0439. The summed E-state index contributed by atoms with van der Waals surface area (Å²) in [5.41, 5.74) is 0.0237. The van der Waals surface area contributed by atoms with Gasteiger partial charge in [0.25, 0.3) is 0 Å². The predicted molar refractivity (Wildman–Crippen MR) is 569 cm³/mol. The second-order valence-electron chi connectivity index (χ2n) is 38.9. The lowest BCUT2D eigenvalue weighted by Gasteiger charge is -2.46. The van der Waals surface area contributed by atoms with Crippen molar-refractivity contribution in [1.82, 2.24) is 44.5 Å². The number of hydrogen-bond acceptors (Lipinski definition) is 27. The lowest BCUT2D eigenvalue weighted by Crippen LogP contribution is -2.60. The second kappa shape index (κ2) is 80.7. The number of carbonyl (C=O) groups excluding carboxylic acids is 9. The third-order valence-corrected chi connectivity index (χ3v) is 26.8. The Kier molecular flexibility index (Phi) is 77.8. The van der Waals surface area contributed by atoms with Crippen molar-refractivity contribution in [3.8, 4) is 0 Å². The van der Waals surface area contributed by atoms with E-state index in [0.29, 0.717) is 24.2 Å². The molecular weight excluding hydrogens is 1760 g/mol. The first-order valence-electron chi connectivity index (χ1n) is 50.4. The summed E-state index contributed by atoms with van der Waals surface area (Å²) in [7, 11) is 8.79. The number of carbonyl (C=O) groups is 9. The van der Waals surface area contributed by atoms with E-state index in [1.54, 1.807) is 90.2 Å². The Balaban J connectivity index is 0.00000150. The average molecular weight is 1950 g/mol. The van der Waals surface area contributed by atoms with Gasteiger partial charge >= 0.3 is 0 Å². The first kappa shape index (κ1) is 130. The zero-order chi connectivity index (χ0) is 101. The number of thioether (sulfide) groups is 3. The SMILES string of the molecule is CC(C)C(=O)/C=C/CN1CCOCC1.CC(C)C(=O)/C=C/CN1CCSCC1.CCSCCNC/C=C/C(=O)C(C)C.COC1(C)CN(C/C=C/C(=O)C(C)C)C1.COC1CCCN(C/C=C/C(=O)C(C)C)C1.COC1CCN(C/C=C/C(=O)C(C)C)CC1.COC1CN(C/C=C/C(=O)C(C)C)C1.COC[C@H]1CCN(C/C=C/C(=O)C(C)C)C1.CSC1CCN(C/C=C/C(=O)C(C)C)CC1. The highest BCUT2D eigenvalue weighted by molar-refractivity contribution is 7.99. The molecule has 8 saturated heterocycles. The number of hydrogen-bond donors (Lipinski definition) is 1. The topological polar surface area (TPSA) is 247 Å². The van der Waals surface area contributed by atoms with Crippen LogP contribution in [0, 0.1) is 59.2 Å². The number of methoxy groups -OCH3 is 5. The summed E-state index contributed by atoms with van der Waals surface area (Å²) < 4.78 is 31.5. The molecule has 135 heavy (non-hydrogen) atoms. The zero-order valence-electron chi connectivity index (χ0n) is 89.2. The van der Waals surface area contributed by atoms with Crippen LogP contribution >= 0.6 is 35.3 Å². The normalized spacial score (nSPS) is 19.6. The number of rotatable bonds is 47. The number of nitrogens with zero attached hydrogens (tertiary/aromatic N) is 8. The monoisotopic (exact) mass is 1950 g/mol. The highest BCUT2D eigenvalue weighted by atomic mass is 32.2. The van der Waals surface area contributed by atoms with Gasteiger partial charge in [0.05, 0.1) is 43.7 Å². The van der Waals surface area contributed by atoms with Gasteiger partial charge in [0, 0.05) is 255 Å². The van der Waals surface area contributed by atoms with Gasteiger partial charge in [-0.25, -0.2) is 0 Å². The van der Waals surface area contributed by atoms with Gasteiger partial charge in [-0.05, 0) is 151 Å². The number of likely N-dealkylation sites (tertiary alicyclic amines) is 6. The molecule has 0 saturated carbocycles. The molecule has 0 aromatic heterocycles. The molecule has 8 aliphatic rings. The second-order valence-corrected chi connectivity index (χ2v) is 42.6. The van der Waals surface area contributed by atoms with Gasteiger partial charge in [0.1, 0.15) is 0 Å². The van der Waals surface area contributed by atoms with Gasteiger partial charge in [-0.15, -0.1) is 0 Å². The van der Waals surface area contributed by atoms with Gasteiger partial charge in [0.2, 0.25) is 0 Å². The van der Waals surface area contributed by atoms with Crippen LogP contribution < -0.4 is 5.32 Å². The lowest BCUT2D eigenvalue weighted by atomic mass is 9.96. The van der Waals surface area contributed by atoms with Crippen molar-refractivity contribution in [2.24, 2.45) is 59.2 Å². The standard InChI is InChI=1S/3C13H23NO2.C13H23NOS.C12H21NO2.2C11H19NO2.C11H19NOS.C11H21NOS/c1-11(2)13(15)7-5-9-14-8-4-6-12(10-14)16-3;1-11(2)13(15)5-4-8-14-9-6-12(16-3)7-10-14;1-11(2)13(15)5-4-7-14-8-6-12(9-14)10-16-3;1-11(2)13(15)5-4-8-14-9-6-12(16-3)7-10-14;1-10(2)11(14)6-5-7-13-8-12(3,9-13)15-4;1-9(2)11(13)5-4-6-12-7-10(8-12)14-3;2*1-10(2)11(13)4-3-5-12-6-8-14-9-7-12;1-4-14-9-8-12-7-5-6-11(13)10(2)3/h5,7,11-12H,4,6,8-10H2,1-3H3;3*4-5,11-12H,6-10H2,1-3H3;5-6,10H,7-9H2,1-4H3;4-5,9-10H,6-8H2,1-3H3;2*3-4,10H,5-9H2,1-2H3;5-6,10,12H,4,7-9H2,1-3H3/b7-5+;3*5-4+;6-5+;5-4+;2*4-3+;6-5+/t;;12-;;;;;;/m..0....../s1. The molecule has 24 nitrogen and oxygen atoms in total. The molecule has 2 atom stereocenters. The van der Waals surface area contributed by atoms with Gasteiger partial charge in [-0.2, -0.15) is 35.3 Å². The molecule has 8 fully saturated rings. The summed E-state index contributed by atoms with van der Waals surface area (Å²) >= 11 is 5.92. The maximum atomic E-state index is 11.4. The van der Waals surface area contributed by atoms with E-state index in [2.05, 4.69) is 64.6 Å². The molecule has 8 aliphatic heterocycles. The van der Waals surface area contributed by atoms with Crippen LogP contribution in [0.3, 0.4) is 0 Å². The third-order valence-electron chi connectivity index (χ3n) is 23.8. The third kappa shape index (κ3) is 68.1. The van der Waals surface area contributed by atoms with E-state index in [-0.39, 0.29) is 111 Å². The van der Waals surface area contributed by atoms with E-state index in [4.69, 9.17) is 28.4 Å². The van der Waals surface area contributed by atoms with Gasteiger partial charge in [-0.1, -0.05) is 186 Å². The van der Waals surface area contributed by atoms with Crippen LogP contribution in [0.2, 0.25) is 0 Å². The van der Waals surface area contributed by atoms with Crippen molar-refractivity contribution in [2.75, 3.05) is 255 Å². The van der Waals surface area contributed by atoms with Crippen LogP contribution in [0.1, 0.15) is 183 Å². The molecule has 0 aromatic rings. The minimum atomic E-state index is 0.0237. The van der Waals surface area contributed by atoms with E-state index in [1.807, 2.05) is 215 Å². The van der Waals surface area contributed by atoms with Crippen molar-refractivity contribution >= 4 is 87.3 Å². The number of nitrogens with one attached hydrogen (secondary N) is 1. The molecule has 1 unspecified atom stereocenters. The molecular formula is C108H191N9O15S3. The number of morpholine rings is 1. The molecule has 0 aliphatic carbocycles. The first-order valence-corrected chi connectivity index (χ1v) is 54.0. The highest BCUT2D eigenvalue weighted by Crippen LogP contribution is 2.25. The minimum absolute atomic E-state index is 0.0237. The number of ketones is 9. The maximum absolute atomic E-state index is 11.4. The molecule has 8 heterocycles. The molecule has 0 amide bonds. The zero-order valence-corrected chi connectivity index (χ0v) is 91.6. The van der Waals surface area contributed by atoms with E-state index >= 15 is 0 Å². The average Bonchev–Trinajstić information content (AvgIpc) is 1.53. The molecule has 1 N–H and O–H groups in total. The lowest BCUT2D eigenvalue weighted by molar-refractivity contribution is -0.118. The van der Waals surface area contributed by atoms with E-state index in [1.165, 1.54) is 56.0 Å². The Bertz CT molecular complexity index is 3300. The number of ether oxygens (including phenoxy) is 6. The Morgan fingerprint density at radius 1 is 0.378 bits per heavy atom. The Morgan fingerprint density at radius 3 is 1.04 bits per heavy atom. The number of piperidine rings is 3. The van der Waals surface area contributed by atoms with Crippen molar-refractivity contribution < 1.29 is 71.6 Å². The summed E-state index contributed by atoms with van der Waals surface area (Å²) in [6, 6.07) is 0. The van der Waals surface area contributed by atoms with Crippen molar-refractivity contribution in [3.63, 3.8) is 0 Å². The predicted octanol–water partition coefficient (Wildman–Crippen LogP) is 15.7. The Hall–Kier alpha value is -4.86. The Labute approximate surface area is 834 Å². The van der Waals surface area contributed by atoms with Crippen LogP contribution in [0.25, 0.3) is 0 Å². The van der Waals surface area contributed by atoms with Crippen LogP contribution in [0.5, 0.6) is 0 Å². The van der Waals surface area contributed by atoms with Crippen molar-refractivity contribution in [3.05, 3.63) is 109 Å². The van der Waals surface area contributed by atoms with Gasteiger partial charge in [-0.3, -0.25) is 82.4 Å². The summed E-state index contributed by atoms with van der Waals surface area (Å²) in [4.78, 5) is 120. The molecule has 27 heteroatoms. The molecule has 8 rings (SSSR count). The van der Waals surface area contributed by atoms with Crippen LogP contribution in [-0.2, 0) is 71.6 Å². The molecule has 0 bridgehead atoms. The van der Waals surface area contributed by atoms with Crippen LogP contribution in [-0.4, -0.2) is 375 Å². The smallest absolute Gasteiger partial charge is 0.157 e. The van der Waals surface area contributed by atoms with Crippen molar-refractivity contribution in [1.29, 1.82) is 0 Å². The molecule has 0 spiro atoms. The molecule has 0 radical (unpaired) electrons. The summed E-state index contributed by atoms with van der Waals surface area (Å²) in [6.07, 6.45) is 44.7. The van der Waals surface area contributed by atoms with E-state index < -0.39 is 0 Å². The van der Waals surface area contributed by atoms with Crippen LogP contribution in [0.15, 0.2) is 109 Å². The number of allylic oxidation sites excluding steroid dienone is 9. The highest BCUT2D eigenvalue weighted by Gasteiger charge is 2.38. The molecule has 776 valence electrons. The van der Waals surface area contributed by atoms with Gasteiger partial charge in [0.15, 0.2) is 52.0 Å². The van der Waals surface area contributed by atoms with E-state index in [0.717, 1.165) is 207 Å². The van der Waals surface area contributed by atoms with Crippen molar-refractivity contribution in [2.45, 2.75) is 213 Å². The van der Waals surface area contributed by atoms with Gasteiger partial charge < -0.3 is 33.7 Å². The fraction of sp³-hybridized carbons (Fsp3) is 0.750. The summed E-state index contributed by atoms with van der Waals surface area (Å²) in [5.74, 6) is 8.34. The maximum Gasteiger partial charge on any atom is 0.157 e. The summed E-state index contributed by atoms with van der Waals surface area (Å²) in [6.45, 7) is 67.1. The first-order chi connectivity index (χ1) is 64.2.